The first kappa shape index (κ1) is 19.7. The molecule has 0 saturated carbocycles. The van der Waals surface area contributed by atoms with Crippen LogP contribution in [0.2, 0.25) is 5.02 Å². The largest absolute Gasteiger partial charge is 0.323 e. The molecule has 0 aromatic heterocycles. The van der Waals surface area contributed by atoms with Crippen molar-refractivity contribution in [2.24, 2.45) is 0 Å². The molecule has 0 unspecified atom stereocenters. The summed E-state index contributed by atoms with van der Waals surface area (Å²) in [4.78, 5) is 12.5. The topological polar surface area (TPSA) is 87.3 Å². The Labute approximate surface area is 168 Å². The Balaban J connectivity index is 1.78. The number of sulfonamides is 1. The van der Waals surface area contributed by atoms with Gasteiger partial charge in [0.25, 0.3) is 10.0 Å². The second kappa shape index (κ2) is 8.33. The second-order valence-corrected chi connectivity index (χ2v) is 8.09. The molecular weight excluding hydrogens is 398 g/mol. The van der Waals surface area contributed by atoms with Gasteiger partial charge in [-0.05, 0) is 55.0 Å². The number of benzene rings is 3. The zero-order valence-corrected chi connectivity index (χ0v) is 16.5. The zero-order valence-electron chi connectivity index (χ0n) is 14.9. The molecular formula is C20H18ClN3O3S. The smallest absolute Gasteiger partial charge is 0.308 e. The molecule has 3 aromatic carbocycles. The van der Waals surface area contributed by atoms with Gasteiger partial charge >= 0.3 is 6.03 Å². The van der Waals surface area contributed by atoms with E-state index in [1.807, 2.05) is 0 Å². The summed E-state index contributed by atoms with van der Waals surface area (Å²) in [6.07, 6.45) is 0. The number of amides is 2. The van der Waals surface area contributed by atoms with Gasteiger partial charge in [-0.2, -0.15) is 0 Å². The summed E-state index contributed by atoms with van der Waals surface area (Å²) in [5, 5.41) is 5.87. The molecule has 0 aliphatic carbocycles. The van der Waals surface area contributed by atoms with Crippen LogP contribution in [0, 0.1) is 6.92 Å². The van der Waals surface area contributed by atoms with Gasteiger partial charge in [0.05, 0.1) is 16.3 Å². The molecule has 28 heavy (non-hydrogen) atoms. The zero-order chi connectivity index (χ0) is 20.1. The third kappa shape index (κ3) is 4.82. The number of aryl methyl sites for hydroxylation is 1. The predicted molar refractivity (Wildman–Crippen MR) is 113 cm³/mol. The lowest BCUT2D eigenvalue weighted by atomic mass is 10.2. The minimum Gasteiger partial charge on any atom is -0.308 e. The van der Waals surface area contributed by atoms with Crippen molar-refractivity contribution >= 4 is 44.7 Å². The molecule has 144 valence electrons. The standard InChI is InChI=1S/C20H18ClN3O3S/c1-14-6-2-5-9-19(14)28(26,27)24-18-8-4-3-7-17(18)23-20(25)22-16-12-10-15(21)11-13-16/h2-13,24H,1H3,(H2,22,23,25). The molecule has 0 atom stereocenters. The first-order valence-corrected chi connectivity index (χ1v) is 10.2. The molecule has 0 bridgehead atoms. The van der Waals surface area contributed by atoms with Gasteiger partial charge in [-0.15, -0.1) is 0 Å². The van der Waals surface area contributed by atoms with E-state index in [2.05, 4.69) is 15.4 Å². The summed E-state index contributed by atoms with van der Waals surface area (Å²) in [5.41, 5.74) is 1.77. The Kier molecular flexibility index (Phi) is 5.87. The van der Waals surface area contributed by atoms with Crippen LogP contribution < -0.4 is 15.4 Å². The van der Waals surface area contributed by atoms with Crippen LogP contribution in [0.1, 0.15) is 5.56 Å². The lowest BCUT2D eigenvalue weighted by Gasteiger charge is -2.15. The van der Waals surface area contributed by atoms with Crippen LogP contribution in [-0.2, 0) is 10.0 Å². The molecule has 0 aliphatic heterocycles. The highest BCUT2D eigenvalue weighted by Crippen LogP contribution is 2.26. The molecule has 6 nitrogen and oxygen atoms in total. The van der Waals surface area contributed by atoms with Crippen LogP contribution in [0.5, 0.6) is 0 Å². The van der Waals surface area contributed by atoms with Crippen molar-refractivity contribution in [3.63, 3.8) is 0 Å². The van der Waals surface area contributed by atoms with Crippen molar-refractivity contribution in [3.05, 3.63) is 83.4 Å². The summed E-state index contributed by atoms with van der Waals surface area (Å²) in [6.45, 7) is 1.72. The highest BCUT2D eigenvalue weighted by molar-refractivity contribution is 7.92. The van der Waals surface area contributed by atoms with Crippen LogP contribution in [0.3, 0.4) is 0 Å². The molecule has 0 aliphatic rings. The van der Waals surface area contributed by atoms with E-state index in [0.29, 0.717) is 22.0 Å². The molecule has 0 heterocycles. The predicted octanol–water partition coefficient (Wildman–Crippen LogP) is 5.09. The molecule has 0 fully saturated rings. The molecule has 0 saturated heterocycles. The van der Waals surface area contributed by atoms with Gasteiger partial charge in [0.2, 0.25) is 0 Å². The number of anilines is 3. The van der Waals surface area contributed by atoms with Crippen LogP contribution in [0.15, 0.2) is 77.7 Å². The third-order valence-electron chi connectivity index (χ3n) is 3.90. The lowest BCUT2D eigenvalue weighted by molar-refractivity contribution is 0.262. The van der Waals surface area contributed by atoms with Crippen molar-refractivity contribution in [2.75, 3.05) is 15.4 Å². The Morgan fingerprint density at radius 1 is 0.821 bits per heavy atom. The van der Waals surface area contributed by atoms with Crippen molar-refractivity contribution in [3.8, 4) is 0 Å². The minimum atomic E-state index is -3.80. The van der Waals surface area contributed by atoms with Crippen molar-refractivity contribution in [1.82, 2.24) is 0 Å². The summed E-state index contributed by atoms with van der Waals surface area (Å²) >= 11 is 5.83. The number of halogens is 1. The Bertz CT molecular complexity index is 1100. The minimum absolute atomic E-state index is 0.176. The number of rotatable bonds is 5. The van der Waals surface area contributed by atoms with Crippen molar-refractivity contribution < 1.29 is 13.2 Å². The molecule has 2 amide bonds. The number of hydrogen-bond donors (Lipinski definition) is 3. The summed E-state index contributed by atoms with van der Waals surface area (Å²) in [7, 11) is -3.80. The van der Waals surface area contributed by atoms with Crippen molar-refractivity contribution in [1.29, 1.82) is 0 Å². The fourth-order valence-corrected chi connectivity index (χ4v) is 4.01. The van der Waals surface area contributed by atoms with E-state index in [4.69, 9.17) is 11.6 Å². The maximum atomic E-state index is 12.7. The number of para-hydroxylation sites is 2. The first-order chi connectivity index (χ1) is 13.3. The quantitative estimate of drug-likeness (QED) is 0.542. The van der Waals surface area contributed by atoms with Crippen LogP contribution in [0.4, 0.5) is 21.9 Å². The summed E-state index contributed by atoms with van der Waals surface area (Å²) in [5.74, 6) is 0. The third-order valence-corrected chi connectivity index (χ3v) is 5.68. The average molecular weight is 416 g/mol. The van der Waals surface area contributed by atoms with E-state index in [-0.39, 0.29) is 10.6 Å². The molecule has 3 N–H and O–H groups in total. The van der Waals surface area contributed by atoms with Crippen LogP contribution >= 0.6 is 11.6 Å². The maximum absolute atomic E-state index is 12.7. The fourth-order valence-electron chi connectivity index (χ4n) is 2.56. The van der Waals surface area contributed by atoms with Gasteiger partial charge in [-0.1, -0.05) is 41.9 Å². The number of nitrogens with one attached hydrogen (secondary N) is 3. The van der Waals surface area contributed by atoms with Crippen molar-refractivity contribution in [2.45, 2.75) is 11.8 Å². The molecule has 3 aromatic rings. The Morgan fingerprint density at radius 2 is 1.43 bits per heavy atom. The Hall–Kier alpha value is -3.03. The maximum Gasteiger partial charge on any atom is 0.323 e. The monoisotopic (exact) mass is 415 g/mol. The highest BCUT2D eigenvalue weighted by atomic mass is 35.5. The highest BCUT2D eigenvalue weighted by Gasteiger charge is 2.18. The van der Waals surface area contributed by atoms with E-state index >= 15 is 0 Å². The van der Waals surface area contributed by atoms with E-state index in [1.54, 1.807) is 73.7 Å². The van der Waals surface area contributed by atoms with Gasteiger partial charge in [0, 0.05) is 10.7 Å². The van der Waals surface area contributed by atoms with E-state index in [0.717, 1.165) is 0 Å². The normalized spacial score (nSPS) is 10.9. The van der Waals surface area contributed by atoms with Gasteiger partial charge in [-0.3, -0.25) is 4.72 Å². The van der Waals surface area contributed by atoms with E-state index in [1.165, 1.54) is 6.07 Å². The number of carbonyl (C=O) groups excluding carboxylic acids is 1. The number of urea groups is 1. The Morgan fingerprint density at radius 3 is 2.11 bits per heavy atom. The first-order valence-electron chi connectivity index (χ1n) is 8.36. The van der Waals surface area contributed by atoms with Gasteiger partial charge in [0.1, 0.15) is 0 Å². The summed E-state index contributed by atoms with van der Waals surface area (Å²) < 4.78 is 28.0. The van der Waals surface area contributed by atoms with E-state index < -0.39 is 16.1 Å². The van der Waals surface area contributed by atoms with Gasteiger partial charge in [-0.25, -0.2) is 13.2 Å². The van der Waals surface area contributed by atoms with Gasteiger partial charge in [0.15, 0.2) is 0 Å². The fraction of sp³-hybridized carbons (Fsp3) is 0.0500. The SMILES string of the molecule is Cc1ccccc1S(=O)(=O)Nc1ccccc1NC(=O)Nc1ccc(Cl)cc1. The second-order valence-electron chi connectivity index (χ2n) is 6.00. The molecule has 8 heteroatoms. The van der Waals surface area contributed by atoms with Crippen LogP contribution in [0.25, 0.3) is 0 Å². The van der Waals surface area contributed by atoms with E-state index in [9.17, 15) is 13.2 Å². The molecule has 3 rings (SSSR count). The lowest BCUT2D eigenvalue weighted by Crippen LogP contribution is -2.21. The molecule has 0 radical (unpaired) electrons. The number of hydrogen-bond acceptors (Lipinski definition) is 3. The average Bonchev–Trinajstić information content (AvgIpc) is 2.65. The van der Waals surface area contributed by atoms with Crippen LogP contribution in [-0.4, -0.2) is 14.4 Å². The van der Waals surface area contributed by atoms with Gasteiger partial charge < -0.3 is 10.6 Å². The summed E-state index contributed by atoms with van der Waals surface area (Å²) in [6, 6.07) is 19.4. The molecule has 0 spiro atoms. The number of carbonyl (C=O) groups is 1.